The van der Waals surface area contributed by atoms with Crippen LogP contribution in [-0.4, -0.2) is 56.0 Å². The number of carbonyl (C=O) groups is 3. The normalized spacial score (nSPS) is 14.3. The van der Waals surface area contributed by atoms with Gasteiger partial charge in [0, 0.05) is 6.92 Å². The van der Waals surface area contributed by atoms with Gasteiger partial charge in [-0.3, -0.25) is 14.2 Å². The second kappa shape index (κ2) is 14.7. The van der Waals surface area contributed by atoms with Crippen molar-refractivity contribution < 1.29 is 42.8 Å². The Morgan fingerprint density at radius 1 is 0.933 bits per heavy atom. The molecule has 12 nitrogen and oxygen atoms in total. The van der Waals surface area contributed by atoms with Crippen molar-refractivity contribution in [2.45, 2.75) is 40.7 Å². The molecule has 0 radical (unpaired) electrons. The maximum atomic E-state index is 14.0. The molecule has 13 heteroatoms. The molecule has 45 heavy (non-hydrogen) atoms. The largest absolute Gasteiger partial charge is 0.490 e. The summed E-state index contributed by atoms with van der Waals surface area (Å²) in [7, 11) is 1.26. The van der Waals surface area contributed by atoms with E-state index >= 15 is 0 Å². The summed E-state index contributed by atoms with van der Waals surface area (Å²) >= 11 is 1.16. The van der Waals surface area contributed by atoms with E-state index < -0.39 is 23.9 Å². The zero-order chi connectivity index (χ0) is 32.7. The van der Waals surface area contributed by atoms with Crippen LogP contribution in [0.5, 0.6) is 23.0 Å². The van der Waals surface area contributed by atoms with Crippen molar-refractivity contribution >= 4 is 35.3 Å². The first-order chi connectivity index (χ1) is 21.6. The van der Waals surface area contributed by atoms with E-state index in [1.54, 1.807) is 70.2 Å². The van der Waals surface area contributed by atoms with Crippen LogP contribution >= 0.6 is 11.3 Å². The smallest absolute Gasteiger partial charge is 0.343 e. The minimum atomic E-state index is -0.901. The van der Waals surface area contributed by atoms with Crippen LogP contribution in [0.2, 0.25) is 0 Å². The van der Waals surface area contributed by atoms with Crippen molar-refractivity contribution in [2.24, 2.45) is 4.99 Å². The second-order valence-corrected chi connectivity index (χ2v) is 10.5. The highest BCUT2D eigenvalue weighted by atomic mass is 32.1. The van der Waals surface area contributed by atoms with Gasteiger partial charge < -0.3 is 28.4 Å². The fourth-order valence-electron chi connectivity index (χ4n) is 4.66. The monoisotopic (exact) mass is 638 g/mol. The number of nitrogens with zero attached hydrogens (tertiary/aromatic N) is 2. The highest BCUT2D eigenvalue weighted by molar-refractivity contribution is 7.07. The summed E-state index contributed by atoms with van der Waals surface area (Å²) in [6, 6.07) is 9.04. The van der Waals surface area contributed by atoms with E-state index in [1.807, 2.05) is 0 Å². The summed E-state index contributed by atoms with van der Waals surface area (Å²) in [5, 5.41) is 0. The Kier molecular flexibility index (Phi) is 10.8. The molecule has 4 rings (SSSR count). The lowest BCUT2D eigenvalue weighted by Gasteiger charge is -2.25. The van der Waals surface area contributed by atoms with Crippen molar-refractivity contribution in [3.05, 3.63) is 78.5 Å². The quantitative estimate of drug-likeness (QED) is 0.215. The number of benzene rings is 2. The van der Waals surface area contributed by atoms with Crippen LogP contribution in [0.1, 0.15) is 51.8 Å². The van der Waals surface area contributed by atoms with Crippen molar-refractivity contribution in [1.82, 2.24) is 4.57 Å². The lowest BCUT2D eigenvalue weighted by Crippen LogP contribution is -2.40. The number of carbonyl (C=O) groups excluding carboxylic acids is 3. The van der Waals surface area contributed by atoms with E-state index in [4.69, 9.17) is 23.7 Å². The third kappa shape index (κ3) is 7.43. The van der Waals surface area contributed by atoms with Gasteiger partial charge in [-0.25, -0.2) is 14.6 Å². The molecule has 0 N–H and O–H groups in total. The number of allylic oxidation sites excluding steroid dienone is 1. The van der Waals surface area contributed by atoms with E-state index in [2.05, 4.69) is 9.73 Å². The minimum absolute atomic E-state index is 0.128. The lowest BCUT2D eigenvalue weighted by molar-refractivity contribution is -0.143. The van der Waals surface area contributed by atoms with Crippen molar-refractivity contribution in [2.75, 3.05) is 33.5 Å². The molecular formula is C32H34N2O10S. The third-order valence-electron chi connectivity index (χ3n) is 6.49. The number of aromatic nitrogens is 1. The Hall–Kier alpha value is -4.91. The average molecular weight is 639 g/mol. The van der Waals surface area contributed by atoms with Gasteiger partial charge in [0.2, 0.25) is 0 Å². The molecule has 3 aromatic rings. The number of esters is 3. The molecule has 0 spiro atoms. The fourth-order valence-corrected chi connectivity index (χ4v) is 5.70. The van der Waals surface area contributed by atoms with Crippen molar-refractivity contribution in [3.8, 4) is 23.0 Å². The average Bonchev–Trinajstić information content (AvgIpc) is 3.30. The molecule has 0 amide bonds. The summed E-state index contributed by atoms with van der Waals surface area (Å²) in [4.78, 5) is 55.5. The van der Waals surface area contributed by atoms with Gasteiger partial charge in [-0.1, -0.05) is 23.5 Å². The first-order valence-electron chi connectivity index (χ1n) is 14.2. The third-order valence-corrected chi connectivity index (χ3v) is 7.48. The summed E-state index contributed by atoms with van der Waals surface area (Å²) in [5.41, 5.74) is 1.39. The first-order valence-corrected chi connectivity index (χ1v) is 15.0. The molecule has 1 aliphatic rings. The fraction of sp³-hybridized carbons (Fsp3) is 0.344. The van der Waals surface area contributed by atoms with E-state index in [0.717, 1.165) is 11.3 Å². The predicted molar refractivity (Wildman–Crippen MR) is 164 cm³/mol. The van der Waals surface area contributed by atoms with Crippen LogP contribution in [0.15, 0.2) is 57.5 Å². The van der Waals surface area contributed by atoms with Crippen molar-refractivity contribution in [1.29, 1.82) is 0 Å². The topological polar surface area (TPSA) is 141 Å². The summed E-state index contributed by atoms with van der Waals surface area (Å²) in [5.74, 6) is -0.433. The van der Waals surface area contributed by atoms with E-state index in [-0.39, 0.29) is 30.1 Å². The number of fused-ring (bicyclic) bond motifs is 1. The Balaban J connectivity index is 1.88. The van der Waals surface area contributed by atoms with Crippen LogP contribution in [0.3, 0.4) is 0 Å². The van der Waals surface area contributed by atoms with E-state index in [1.165, 1.54) is 18.6 Å². The van der Waals surface area contributed by atoms with Gasteiger partial charge in [0.1, 0.15) is 0 Å². The van der Waals surface area contributed by atoms with Crippen LogP contribution in [-0.2, 0) is 23.9 Å². The standard InChI is InChI=1S/C32H34N2O10S/c1-7-40-24-14-20(10-12-23(24)44-19(5)35)15-26-30(37)34-29(28(31(38)42-9-3)18(4)33-32(34)45-26)21-11-13-22(25(16-21)41-8-2)43-17-27(36)39-6/h10-16,29H,7-9,17H2,1-6H3/b26-15+/t29-/m1/s1. The molecule has 2 aromatic carbocycles. The highest BCUT2D eigenvalue weighted by Crippen LogP contribution is 2.36. The summed E-state index contributed by atoms with van der Waals surface area (Å²) in [6.45, 7) is 8.72. The summed E-state index contributed by atoms with van der Waals surface area (Å²) in [6.07, 6.45) is 1.68. The zero-order valence-corrected chi connectivity index (χ0v) is 26.6. The van der Waals surface area contributed by atoms with Crippen LogP contribution in [0, 0.1) is 0 Å². The second-order valence-electron chi connectivity index (χ2n) is 9.54. The molecule has 1 aromatic heterocycles. The maximum absolute atomic E-state index is 14.0. The van der Waals surface area contributed by atoms with Gasteiger partial charge in [-0.05, 0) is 69.2 Å². The lowest BCUT2D eigenvalue weighted by atomic mass is 9.95. The van der Waals surface area contributed by atoms with Gasteiger partial charge in [0.15, 0.2) is 34.4 Å². The van der Waals surface area contributed by atoms with Gasteiger partial charge >= 0.3 is 17.9 Å². The maximum Gasteiger partial charge on any atom is 0.343 e. The number of methoxy groups -OCH3 is 1. The number of thiazole rings is 1. The van der Waals surface area contributed by atoms with Gasteiger partial charge in [0.05, 0.1) is 48.8 Å². The molecule has 0 unspecified atom stereocenters. The Morgan fingerprint density at radius 2 is 1.62 bits per heavy atom. The molecule has 0 saturated carbocycles. The summed E-state index contributed by atoms with van der Waals surface area (Å²) < 4.78 is 34.2. The minimum Gasteiger partial charge on any atom is -0.490 e. The molecule has 0 fully saturated rings. The molecular weight excluding hydrogens is 604 g/mol. The van der Waals surface area contributed by atoms with Gasteiger partial charge in [0.25, 0.3) is 5.56 Å². The van der Waals surface area contributed by atoms with Crippen LogP contribution < -0.4 is 33.8 Å². The number of ether oxygens (including phenoxy) is 6. The molecule has 0 aliphatic carbocycles. The zero-order valence-electron chi connectivity index (χ0n) is 25.8. The predicted octanol–water partition coefficient (Wildman–Crippen LogP) is 3.07. The van der Waals surface area contributed by atoms with Crippen molar-refractivity contribution in [3.63, 3.8) is 0 Å². The Bertz CT molecular complexity index is 1820. The van der Waals surface area contributed by atoms with E-state index in [9.17, 15) is 19.2 Å². The van der Waals surface area contributed by atoms with Gasteiger partial charge in [-0.2, -0.15) is 0 Å². The molecule has 1 aliphatic heterocycles. The molecule has 0 bridgehead atoms. The van der Waals surface area contributed by atoms with E-state index in [0.29, 0.717) is 56.6 Å². The number of hydrogen-bond donors (Lipinski definition) is 0. The van der Waals surface area contributed by atoms with Crippen LogP contribution in [0.4, 0.5) is 0 Å². The van der Waals surface area contributed by atoms with Crippen LogP contribution in [0.25, 0.3) is 6.08 Å². The molecule has 1 atom stereocenters. The molecule has 238 valence electrons. The Morgan fingerprint density at radius 3 is 2.27 bits per heavy atom. The molecule has 0 saturated heterocycles. The SMILES string of the molecule is CCOC(=O)C1=C(C)N=c2s/c(=C/c3ccc(OC(C)=O)c(OCC)c3)c(=O)n2[C@@H]1c1ccc(OCC(=O)OC)c(OCC)c1. The first kappa shape index (κ1) is 33.0. The number of rotatable bonds is 12. The highest BCUT2D eigenvalue weighted by Gasteiger charge is 2.34. The van der Waals surface area contributed by atoms with Gasteiger partial charge in [-0.15, -0.1) is 0 Å². The Labute approximate surface area is 263 Å². The number of hydrogen-bond acceptors (Lipinski definition) is 12. The molecule has 2 heterocycles.